The van der Waals surface area contributed by atoms with Crippen molar-refractivity contribution in [1.29, 1.82) is 0 Å². The molecule has 0 heterocycles. The van der Waals surface area contributed by atoms with Gasteiger partial charge >= 0.3 is 0 Å². The Labute approximate surface area is 130 Å². The van der Waals surface area contributed by atoms with E-state index in [0.717, 1.165) is 30.8 Å². The second-order valence-electron chi connectivity index (χ2n) is 5.02. The fraction of sp³-hybridized carbons (Fsp3) is 0.211. The molecular formula is C19H20O3. The lowest BCUT2D eigenvalue weighted by atomic mass is 10.1. The summed E-state index contributed by atoms with van der Waals surface area (Å²) >= 11 is 0. The van der Waals surface area contributed by atoms with Gasteiger partial charge in [-0.05, 0) is 54.5 Å². The monoisotopic (exact) mass is 296 g/mol. The Morgan fingerprint density at radius 2 is 1.77 bits per heavy atom. The van der Waals surface area contributed by atoms with Crippen molar-refractivity contribution >= 4 is 11.9 Å². The van der Waals surface area contributed by atoms with Crippen molar-refractivity contribution in [1.82, 2.24) is 0 Å². The van der Waals surface area contributed by atoms with Crippen LogP contribution in [0.4, 0.5) is 0 Å². The van der Waals surface area contributed by atoms with Gasteiger partial charge in [0.05, 0.1) is 6.61 Å². The summed E-state index contributed by atoms with van der Waals surface area (Å²) in [6.07, 6.45) is 5.45. The zero-order chi connectivity index (χ0) is 15.8. The second kappa shape index (κ2) is 8.03. The number of phenols is 1. The molecule has 0 aromatic heterocycles. The van der Waals surface area contributed by atoms with Crippen LogP contribution >= 0.6 is 0 Å². The Bertz CT molecular complexity index is 625. The van der Waals surface area contributed by atoms with Crippen LogP contribution in [0, 0.1) is 0 Å². The lowest BCUT2D eigenvalue weighted by molar-refractivity contribution is 0.104. The van der Waals surface area contributed by atoms with Crippen molar-refractivity contribution in [3.63, 3.8) is 0 Å². The number of unbranched alkanes of at least 4 members (excludes halogenated alkanes) is 1. The fourth-order valence-corrected chi connectivity index (χ4v) is 1.90. The molecule has 0 aliphatic rings. The molecule has 0 bridgehead atoms. The zero-order valence-electron chi connectivity index (χ0n) is 12.7. The topological polar surface area (TPSA) is 46.5 Å². The van der Waals surface area contributed by atoms with Gasteiger partial charge in [-0.15, -0.1) is 0 Å². The van der Waals surface area contributed by atoms with E-state index in [1.807, 2.05) is 24.3 Å². The number of phenolic OH excluding ortho intramolecular Hbond substituents is 1. The molecule has 2 aromatic rings. The highest BCUT2D eigenvalue weighted by atomic mass is 16.5. The van der Waals surface area contributed by atoms with Crippen molar-refractivity contribution < 1.29 is 14.6 Å². The van der Waals surface area contributed by atoms with Crippen molar-refractivity contribution in [2.24, 2.45) is 0 Å². The number of aromatic hydroxyl groups is 1. The maximum atomic E-state index is 12.0. The molecule has 0 saturated heterocycles. The molecule has 0 saturated carbocycles. The van der Waals surface area contributed by atoms with Crippen LogP contribution < -0.4 is 4.74 Å². The van der Waals surface area contributed by atoms with Gasteiger partial charge in [0.1, 0.15) is 11.5 Å². The average Bonchev–Trinajstić information content (AvgIpc) is 2.55. The summed E-state index contributed by atoms with van der Waals surface area (Å²) in [5.41, 5.74) is 1.49. The number of benzene rings is 2. The number of hydrogen-bond donors (Lipinski definition) is 1. The van der Waals surface area contributed by atoms with E-state index in [9.17, 15) is 9.90 Å². The first-order valence-corrected chi connectivity index (χ1v) is 7.43. The van der Waals surface area contributed by atoms with Crippen LogP contribution in [0.25, 0.3) is 6.08 Å². The Balaban J connectivity index is 1.95. The van der Waals surface area contributed by atoms with Crippen LogP contribution in [0.5, 0.6) is 11.5 Å². The molecule has 2 aromatic carbocycles. The first-order chi connectivity index (χ1) is 10.7. The molecule has 0 atom stereocenters. The molecule has 114 valence electrons. The van der Waals surface area contributed by atoms with E-state index in [1.165, 1.54) is 18.2 Å². The van der Waals surface area contributed by atoms with Gasteiger partial charge in [0, 0.05) is 5.56 Å². The number of carbonyl (C=O) groups is 1. The quantitative estimate of drug-likeness (QED) is 0.466. The molecule has 3 heteroatoms. The maximum absolute atomic E-state index is 12.0. The van der Waals surface area contributed by atoms with Gasteiger partial charge in [0.15, 0.2) is 5.78 Å². The van der Waals surface area contributed by atoms with Crippen LogP contribution in [0.3, 0.4) is 0 Å². The summed E-state index contributed by atoms with van der Waals surface area (Å²) in [6.45, 7) is 2.85. The number of rotatable bonds is 7. The number of hydrogen-bond acceptors (Lipinski definition) is 3. The van der Waals surface area contributed by atoms with Crippen molar-refractivity contribution in [3.05, 3.63) is 65.7 Å². The Morgan fingerprint density at radius 1 is 1.09 bits per heavy atom. The van der Waals surface area contributed by atoms with E-state index in [2.05, 4.69) is 6.92 Å². The van der Waals surface area contributed by atoms with Gasteiger partial charge in [-0.25, -0.2) is 0 Å². The smallest absolute Gasteiger partial charge is 0.185 e. The van der Waals surface area contributed by atoms with Crippen molar-refractivity contribution in [3.8, 4) is 11.5 Å². The van der Waals surface area contributed by atoms with Crippen molar-refractivity contribution in [2.45, 2.75) is 19.8 Å². The predicted molar refractivity (Wildman–Crippen MR) is 88.3 cm³/mol. The molecule has 0 unspecified atom stereocenters. The number of ketones is 1. The Hall–Kier alpha value is -2.55. The summed E-state index contributed by atoms with van der Waals surface area (Å²) in [4.78, 5) is 12.0. The van der Waals surface area contributed by atoms with E-state index in [0.29, 0.717) is 5.56 Å². The second-order valence-corrected chi connectivity index (χ2v) is 5.02. The average molecular weight is 296 g/mol. The van der Waals surface area contributed by atoms with Crippen LogP contribution in [0.1, 0.15) is 35.7 Å². The van der Waals surface area contributed by atoms with Gasteiger partial charge in [-0.2, -0.15) is 0 Å². The highest BCUT2D eigenvalue weighted by Crippen LogP contribution is 2.15. The van der Waals surface area contributed by atoms with Crippen LogP contribution in [0.2, 0.25) is 0 Å². The molecule has 0 fully saturated rings. The van der Waals surface area contributed by atoms with E-state index in [-0.39, 0.29) is 11.5 Å². The minimum atomic E-state index is -0.0942. The normalized spacial score (nSPS) is 10.8. The highest BCUT2D eigenvalue weighted by molar-refractivity contribution is 6.06. The largest absolute Gasteiger partial charge is 0.508 e. The lowest BCUT2D eigenvalue weighted by Gasteiger charge is -2.05. The van der Waals surface area contributed by atoms with Gasteiger partial charge in [-0.1, -0.05) is 31.6 Å². The molecule has 0 radical (unpaired) electrons. The third-order valence-electron chi connectivity index (χ3n) is 3.23. The lowest BCUT2D eigenvalue weighted by Crippen LogP contribution is -1.96. The van der Waals surface area contributed by atoms with Crippen LogP contribution in [0.15, 0.2) is 54.6 Å². The number of ether oxygens (including phenoxy) is 1. The third-order valence-corrected chi connectivity index (χ3v) is 3.23. The minimum Gasteiger partial charge on any atom is -0.508 e. The fourth-order valence-electron chi connectivity index (χ4n) is 1.90. The van der Waals surface area contributed by atoms with E-state index < -0.39 is 0 Å². The maximum Gasteiger partial charge on any atom is 0.185 e. The van der Waals surface area contributed by atoms with Gasteiger partial charge < -0.3 is 9.84 Å². The van der Waals surface area contributed by atoms with Crippen molar-refractivity contribution in [2.75, 3.05) is 6.61 Å². The molecule has 22 heavy (non-hydrogen) atoms. The predicted octanol–water partition coefficient (Wildman–Crippen LogP) is 4.47. The zero-order valence-corrected chi connectivity index (χ0v) is 12.7. The number of carbonyl (C=O) groups excluding carboxylic acids is 1. The van der Waals surface area contributed by atoms with Crippen LogP contribution in [-0.4, -0.2) is 17.5 Å². The van der Waals surface area contributed by atoms with Gasteiger partial charge in [-0.3, -0.25) is 4.79 Å². The van der Waals surface area contributed by atoms with E-state index in [1.54, 1.807) is 18.2 Å². The van der Waals surface area contributed by atoms with E-state index in [4.69, 9.17) is 4.74 Å². The number of allylic oxidation sites excluding steroid dienone is 1. The third kappa shape index (κ3) is 4.77. The molecule has 0 aliphatic heterocycles. The standard InChI is InChI=1S/C19H20O3/c1-2-3-14-22-18-11-4-15(5-12-18)6-13-19(21)16-7-9-17(20)10-8-16/h4-13,20H,2-3,14H2,1H3. The Morgan fingerprint density at radius 3 is 2.41 bits per heavy atom. The molecule has 0 spiro atoms. The van der Waals surface area contributed by atoms with E-state index >= 15 is 0 Å². The van der Waals surface area contributed by atoms with Gasteiger partial charge in [0.2, 0.25) is 0 Å². The Kier molecular flexibility index (Phi) is 5.78. The molecule has 3 nitrogen and oxygen atoms in total. The molecule has 0 amide bonds. The molecular weight excluding hydrogens is 276 g/mol. The van der Waals surface area contributed by atoms with Crippen LogP contribution in [-0.2, 0) is 0 Å². The first kappa shape index (κ1) is 15.8. The van der Waals surface area contributed by atoms with Gasteiger partial charge in [0.25, 0.3) is 0 Å². The summed E-state index contributed by atoms with van der Waals surface area (Å²) in [7, 11) is 0. The summed E-state index contributed by atoms with van der Waals surface area (Å²) in [5.74, 6) is 0.901. The first-order valence-electron chi connectivity index (χ1n) is 7.43. The molecule has 2 rings (SSSR count). The molecule has 0 aliphatic carbocycles. The summed E-state index contributed by atoms with van der Waals surface area (Å²) in [5, 5.41) is 9.21. The highest BCUT2D eigenvalue weighted by Gasteiger charge is 2.01. The SMILES string of the molecule is CCCCOc1ccc(C=CC(=O)c2ccc(O)cc2)cc1. The minimum absolute atomic E-state index is 0.0942. The molecule has 1 N–H and O–H groups in total. The summed E-state index contributed by atoms with van der Waals surface area (Å²) < 4.78 is 5.59. The summed E-state index contributed by atoms with van der Waals surface area (Å²) in [6, 6.07) is 13.9.